The maximum atomic E-state index is 11.2. The van der Waals surface area contributed by atoms with E-state index in [2.05, 4.69) is 10.3 Å². The van der Waals surface area contributed by atoms with Crippen LogP contribution in [0.3, 0.4) is 0 Å². The first-order valence-electron chi connectivity index (χ1n) is 6.32. The topological polar surface area (TPSA) is 86.9 Å². The number of aromatic hydroxyl groups is 1. The Morgan fingerprint density at radius 2 is 2.11 bits per heavy atom. The van der Waals surface area contributed by atoms with Gasteiger partial charge in [-0.25, -0.2) is 9.78 Å². The minimum Gasteiger partial charge on any atom is -0.506 e. The summed E-state index contributed by atoms with van der Waals surface area (Å²) in [5.41, 5.74) is 0.576. The summed E-state index contributed by atoms with van der Waals surface area (Å²) in [6.07, 6.45) is 3.38. The number of pyridine rings is 1. The summed E-state index contributed by atoms with van der Waals surface area (Å²) in [4.78, 5) is 15.5. The van der Waals surface area contributed by atoms with Crippen molar-refractivity contribution in [2.24, 2.45) is 0 Å². The Labute approximate surface area is 109 Å². The zero-order valence-corrected chi connectivity index (χ0v) is 10.3. The van der Waals surface area contributed by atoms with Gasteiger partial charge in [0.05, 0.1) is 11.7 Å². The first-order valence-corrected chi connectivity index (χ1v) is 6.32. The largest absolute Gasteiger partial charge is 0.506 e. The number of carboxylic acid groups (broad SMARTS) is 1. The number of hydrogen-bond donors (Lipinski definition) is 3. The third-order valence-corrected chi connectivity index (χ3v) is 3.56. The number of hydrogen-bond acceptors (Lipinski definition) is 4. The molecule has 6 heteroatoms. The van der Waals surface area contributed by atoms with E-state index in [1.807, 2.05) is 0 Å². The Kier molecular flexibility index (Phi) is 2.87. The molecule has 2 aromatic rings. The standard InChI is InChI=1S/C13H15N3O3/c17-9-1-2-10-11(13(18)19)15-12(16(10)7-9)8-3-5-14-6-4-8/h1-2,7-8,14,17H,3-6H2,(H,18,19). The molecule has 1 fully saturated rings. The minimum atomic E-state index is -1.04. The van der Waals surface area contributed by atoms with Crippen molar-refractivity contribution in [3.8, 4) is 5.75 Å². The molecule has 3 rings (SSSR count). The third-order valence-electron chi connectivity index (χ3n) is 3.56. The average molecular weight is 261 g/mol. The van der Waals surface area contributed by atoms with Gasteiger partial charge in [-0.15, -0.1) is 0 Å². The van der Waals surface area contributed by atoms with Crippen molar-refractivity contribution in [3.63, 3.8) is 0 Å². The van der Waals surface area contributed by atoms with Gasteiger partial charge in [-0.3, -0.25) is 4.40 Å². The summed E-state index contributed by atoms with van der Waals surface area (Å²) in [5.74, 6) is 0.0221. The van der Waals surface area contributed by atoms with Crippen LogP contribution in [-0.4, -0.2) is 38.7 Å². The molecule has 0 aliphatic carbocycles. The molecule has 2 aromatic heterocycles. The van der Waals surface area contributed by atoms with Crippen molar-refractivity contribution in [3.05, 3.63) is 29.8 Å². The van der Waals surface area contributed by atoms with Crippen LogP contribution >= 0.6 is 0 Å². The highest BCUT2D eigenvalue weighted by molar-refractivity contribution is 5.93. The quantitative estimate of drug-likeness (QED) is 0.756. The number of aromatic nitrogens is 2. The molecule has 0 bridgehead atoms. The van der Waals surface area contributed by atoms with E-state index in [9.17, 15) is 15.0 Å². The highest BCUT2D eigenvalue weighted by atomic mass is 16.4. The number of aromatic carboxylic acids is 1. The number of fused-ring (bicyclic) bond motifs is 1. The van der Waals surface area contributed by atoms with E-state index in [-0.39, 0.29) is 17.4 Å². The third kappa shape index (κ3) is 2.04. The van der Waals surface area contributed by atoms with Gasteiger partial charge in [0.2, 0.25) is 0 Å². The lowest BCUT2D eigenvalue weighted by Gasteiger charge is -2.21. The Hall–Kier alpha value is -2.08. The molecule has 6 nitrogen and oxygen atoms in total. The second-order valence-electron chi connectivity index (χ2n) is 4.79. The molecule has 0 radical (unpaired) electrons. The first-order chi connectivity index (χ1) is 9.16. The highest BCUT2D eigenvalue weighted by Crippen LogP contribution is 2.28. The fourth-order valence-corrected chi connectivity index (χ4v) is 2.62. The number of rotatable bonds is 2. The zero-order chi connectivity index (χ0) is 13.4. The van der Waals surface area contributed by atoms with Crippen LogP contribution in [-0.2, 0) is 0 Å². The first kappa shape index (κ1) is 12.0. The van der Waals surface area contributed by atoms with Crippen LogP contribution in [0.5, 0.6) is 5.75 Å². The zero-order valence-electron chi connectivity index (χ0n) is 10.3. The summed E-state index contributed by atoms with van der Waals surface area (Å²) in [6, 6.07) is 3.08. The van der Waals surface area contributed by atoms with Crippen molar-refractivity contribution in [2.75, 3.05) is 13.1 Å². The van der Waals surface area contributed by atoms with Crippen molar-refractivity contribution < 1.29 is 15.0 Å². The van der Waals surface area contributed by atoms with Crippen LogP contribution in [0.15, 0.2) is 18.3 Å². The van der Waals surface area contributed by atoms with Crippen LogP contribution < -0.4 is 5.32 Å². The maximum Gasteiger partial charge on any atom is 0.356 e. The van der Waals surface area contributed by atoms with Crippen molar-refractivity contribution in [1.82, 2.24) is 14.7 Å². The van der Waals surface area contributed by atoms with E-state index in [1.54, 1.807) is 10.5 Å². The molecule has 0 atom stereocenters. The average Bonchev–Trinajstić information content (AvgIpc) is 2.78. The molecule has 0 aromatic carbocycles. The molecule has 3 N–H and O–H groups in total. The number of nitrogens with zero attached hydrogens (tertiary/aromatic N) is 2. The van der Waals surface area contributed by atoms with Gasteiger partial charge in [0, 0.05) is 5.92 Å². The van der Waals surface area contributed by atoms with Gasteiger partial charge in [0.1, 0.15) is 11.6 Å². The molecule has 0 unspecified atom stereocenters. The highest BCUT2D eigenvalue weighted by Gasteiger charge is 2.24. The van der Waals surface area contributed by atoms with Crippen molar-refractivity contribution in [1.29, 1.82) is 0 Å². The van der Waals surface area contributed by atoms with Gasteiger partial charge in [-0.1, -0.05) is 0 Å². The summed E-state index contributed by atoms with van der Waals surface area (Å²) in [7, 11) is 0. The number of nitrogens with one attached hydrogen (secondary N) is 1. The van der Waals surface area contributed by atoms with Crippen LogP contribution in [0.2, 0.25) is 0 Å². The predicted octanol–water partition coefficient (Wildman–Crippen LogP) is 1.21. The summed E-state index contributed by atoms with van der Waals surface area (Å²) >= 11 is 0. The maximum absolute atomic E-state index is 11.2. The molecule has 1 saturated heterocycles. The second kappa shape index (κ2) is 4.55. The van der Waals surface area contributed by atoms with Gasteiger partial charge < -0.3 is 15.5 Å². The van der Waals surface area contributed by atoms with E-state index in [0.717, 1.165) is 31.8 Å². The van der Waals surface area contributed by atoms with Gasteiger partial charge >= 0.3 is 5.97 Å². The predicted molar refractivity (Wildman–Crippen MR) is 68.7 cm³/mol. The molecule has 100 valence electrons. The molecular formula is C13H15N3O3. The van der Waals surface area contributed by atoms with E-state index in [1.165, 1.54) is 12.3 Å². The lowest BCUT2D eigenvalue weighted by molar-refractivity contribution is 0.0693. The lowest BCUT2D eigenvalue weighted by atomic mass is 9.97. The monoisotopic (exact) mass is 261 g/mol. The molecule has 1 aliphatic rings. The van der Waals surface area contributed by atoms with E-state index >= 15 is 0 Å². The Morgan fingerprint density at radius 1 is 1.37 bits per heavy atom. The smallest absolute Gasteiger partial charge is 0.356 e. The molecule has 3 heterocycles. The van der Waals surface area contributed by atoms with Crippen molar-refractivity contribution >= 4 is 11.5 Å². The lowest BCUT2D eigenvalue weighted by Crippen LogP contribution is -2.27. The molecule has 0 spiro atoms. The summed E-state index contributed by atoms with van der Waals surface area (Å²) in [5, 5.41) is 22.1. The van der Waals surface area contributed by atoms with Crippen LogP contribution in [0.25, 0.3) is 5.52 Å². The summed E-state index contributed by atoms with van der Waals surface area (Å²) < 4.78 is 1.70. The fourth-order valence-electron chi connectivity index (χ4n) is 2.62. The van der Waals surface area contributed by atoms with E-state index < -0.39 is 5.97 Å². The van der Waals surface area contributed by atoms with Gasteiger partial charge in [-0.05, 0) is 38.1 Å². The number of piperidine rings is 1. The molecule has 0 saturated carbocycles. The van der Waals surface area contributed by atoms with Crippen LogP contribution in [0, 0.1) is 0 Å². The second-order valence-corrected chi connectivity index (χ2v) is 4.79. The summed E-state index contributed by atoms with van der Waals surface area (Å²) in [6.45, 7) is 1.81. The van der Waals surface area contributed by atoms with Crippen LogP contribution in [0.4, 0.5) is 0 Å². The minimum absolute atomic E-state index is 0.0496. The van der Waals surface area contributed by atoms with Gasteiger partial charge in [-0.2, -0.15) is 0 Å². The number of imidazole rings is 1. The van der Waals surface area contributed by atoms with Crippen LogP contribution in [0.1, 0.15) is 35.1 Å². The number of carboxylic acids is 1. The van der Waals surface area contributed by atoms with E-state index in [4.69, 9.17) is 0 Å². The van der Waals surface area contributed by atoms with E-state index in [0.29, 0.717) is 5.52 Å². The molecular weight excluding hydrogens is 246 g/mol. The fraction of sp³-hybridized carbons (Fsp3) is 0.385. The molecule has 19 heavy (non-hydrogen) atoms. The van der Waals surface area contributed by atoms with Gasteiger partial charge in [0.25, 0.3) is 0 Å². The Balaban J connectivity index is 2.17. The Bertz CT molecular complexity index is 629. The normalized spacial score (nSPS) is 16.8. The SMILES string of the molecule is O=C(O)c1nc(C2CCNCC2)n2cc(O)ccc12. The molecule has 0 amide bonds. The van der Waals surface area contributed by atoms with Gasteiger partial charge in [0.15, 0.2) is 5.69 Å². The van der Waals surface area contributed by atoms with Crippen molar-refractivity contribution in [2.45, 2.75) is 18.8 Å². The number of carbonyl (C=O) groups is 1. The molecule has 1 aliphatic heterocycles. The Morgan fingerprint density at radius 3 is 2.79 bits per heavy atom.